The highest BCUT2D eigenvalue weighted by atomic mass is 16.4. The lowest BCUT2D eigenvalue weighted by Gasteiger charge is -2.35. The van der Waals surface area contributed by atoms with E-state index in [0.717, 1.165) is 58.4 Å². The molecule has 2 fully saturated rings. The Morgan fingerprint density at radius 1 is 0.852 bits per heavy atom. The van der Waals surface area contributed by atoms with Crippen LogP contribution in [0.15, 0.2) is 18.2 Å². The Morgan fingerprint density at radius 3 is 1.74 bits per heavy atom. The number of benzene rings is 1. The minimum atomic E-state index is -1.12. The summed E-state index contributed by atoms with van der Waals surface area (Å²) in [6.07, 6.45) is 0. The second-order valence-electron chi connectivity index (χ2n) is 6.40. The van der Waals surface area contributed by atoms with Gasteiger partial charge in [-0.25, -0.2) is 14.4 Å². The molecule has 0 atom stereocenters. The van der Waals surface area contributed by atoms with Crippen LogP contribution in [0.5, 0.6) is 0 Å². The molecule has 0 unspecified atom stereocenters. The van der Waals surface area contributed by atoms with Gasteiger partial charge in [-0.1, -0.05) is 6.07 Å². The van der Waals surface area contributed by atoms with Crippen LogP contribution in [0.1, 0.15) is 26.3 Å². The lowest BCUT2D eigenvalue weighted by Crippen LogP contribution is -2.55. The predicted octanol–water partition coefficient (Wildman–Crippen LogP) is 0.308. The molecule has 148 valence electrons. The Morgan fingerprint density at radius 2 is 1.33 bits per heavy atom. The summed E-state index contributed by atoms with van der Waals surface area (Å²) in [5.74, 6) is -2.23. The molecule has 1 aromatic carbocycles. The first-order valence-corrected chi connectivity index (χ1v) is 8.92. The van der Waals surface area contributed by atoms with Crippen molar-refractivity contribution in [1.29, 1.82) is 0 Å². The zero-order chi connectivity index (χ0) is 19.8. The molecule has 1 aromatic rings. The molecule has 9 nitrogen and oxygen atoms in total. The smallest absolute Gasteiger partial charge is 0.335 e. The number of carboxylic acid groups (broad SMARTS) is 2. The molecule has 2 amide bonds. The number of nitrogens with zero attached hydrogens (tertiary/aromatic N) is 2. The summed E-state index contributed by atoms with van der Waals surface area (Å²) in [4.78, 5) is 36.9. The maximum absolute atomic E-state index is 11.9. The lowest BCUT2D eigenvalue weighted by atomic mass is 10.1. The molecule has 0 saturated carbocycles. The van der Waals surface area contributed by atoms with Gasteiger partial charge in [0.05, 0.1) is 11.1 Å². The van der Waals surface area contributed by atoms with E-state index in [1.54, 1.807) is 6.92 Å². The van der Waals surface area contributed by atoms with Crippen LogP contribution in [0.3, 0.4) is 0 Å². The highest BCUT2D eigenvalue weighted by molar-refractivity contribution is 5.94. The minimum Gasteiger partial charge on any atom is -0.478 e. The monoisotopic (exact) mass is 378 g/mol. The summed E-state index contributed by atoms with van der Waals surface area (Å²) in [7, 11) is 0. The molecule has 0 spiro atoms. The van der Waals surface area contributed by atoms with Crippen molar-refractivity contribution in [2.75, 3.05) is 52.4 Å². The predicted molar refractivity (Wildman–Crippen MR) is 99.4 cm³/mol. The van der Waals surface area contributed by atoms with Crippen molar-refractivity contribution in [2.45, 2.75) is 6.92 Å². The van der Waals surface area contributed by atoms with Gasteiger partial charge in [-0.3, -0.25) is 0 Å². The van der Waals surface area contributed by atoms with Gasteiger partial charge in [-0.15, -0.1) is 0 Å². The van der Waals surface area contributed by atoms with Crippen LogP contribution in [-0.2, 0) is 0 Å². The average Bonchev–Trinajstić information content (AvgIpc) is 2.69. The first-order chi connectivity index (χ1) is 12.9. The van der Waals surface area contributed by atoms with Gasteiger partial charge in [-0.2, -0.15) is 0 Å². The second-order valence-corrected chi connectivity index (χ2v) is 6.40. The quantitative estimate of drug-likeness (QED) is 0.584. The molecule has 2 saturated heterocycles. The number of hydrogen-bond donors (Lipinski definition) is 4. The third kappa shape index (κ3) is 5.93. The number of amides is 2. The molecule has 4 N–H and O–H groups in total. The van der Waals surface area contributed by atoms with Crippen molar-refractivity contribution in [3.8, 4) is 0 Å². The van der Waals surface area contributed by atoms with Crippen molar-refractivity contribution in [3.05, 3.63) is 34.9 Å². The number of rotatable bonds is 2. The fourth-order valence-electron chi connectivity index (χ4n) is 2.90. The molecule has 2 heterocycles. The van der Waals surface area contributed by atoms with Gasteiger partial charge in [0.2, 0.25) is 0 Å². The van der Waals surface area contributed by atoms with E-state index in [9.17, 15) is 14.4 Å². The van der Waals surface area contributed by atoms with Crippen molar-refractivity contribution in [3.63, 3.8) is 0 Å². The molecule has 27 heavy (non-hydrogen) atoms. The number of urea groups is 1. The lowest BCUT2D eigenvalue weighted by molar-refractivity contribution is 0.0695. The molecule has 2 aliphatic heterocycles. The number of aryl methyl sites for hydroxylation is 1. The van der Waals surface area contributed by atoms with Gasteiger partial charge in [0, 0.05) is 52.4 Å². The maximum atomic E-state index is 11.9. The van der Waals surface area contributed by atoms with Gasteiger partial charge in [0.1, 0.15) is 0 Å². The summed E-state index contributed by atoms with van der Waals surface area (Å²) >= 11 is 0. The van der Waals surface area contributed by atoms with Gasteiger partial charge in [-0.05, 0) is 24.6 Å². The molecule has 0 radical (unpaired) electrons. The first kappa shape index (κ1) is 20.7. The summed E-state index contributed by atoms with van der Waals surface area (Å²) in [5, 5.41) is 23.8. The Bertz CT molecular complexity index is 662. The van der Waals surface area contributed by atoms with Crippen LogP contribution < -0.4 is 10.6 Å². The highest BCUT2D eigenvalue weighted by Gasteiger charge is 2.23. The molecule has 2 aliphatic rings. The van der Waals surface area contributed by atoms with E-state index >= 15 is 0 Å². The van der Waals surface area contributed by atoms with E-state index in [1.165, 1.54) is 12.1 Å². The Balaban J connectivity index is 0.000000194. The largest absolute Gasteiger partial charge is 0.478 e. The van der Waals surface area contributed by atoms with Crippen LogP contribution >= 0.6 is 0 Å². The zero-order valence-electron chi connectivity index (χ0n) is 15.4. The Hall–Kier alpha value is -2.65. The zero-order valence-corrected chi connectivity index (χ0v) is 15.4. The molecule has 9 heteroatoms. The molecular formula is C18H26N4O5. The van der Waals surface area contributed by atoms with Gasteiger partial charge < -0.3 is 30.6 Å². The SMILES string of the molecule is Cc1ccc(C(=O)O)cc1C(=O)O.O=C(N1CCNCC1)N1CCNCC1. The number of hydrogen-bond acceptors (Lipinski definition) is 5. The number of carbonyl (C=O) groups is 3. The molecule has 0 aromatic heterocycles. The van der Waals surface area contributed by atoms with Crippen LogP contribution in [-0.4, -0.2) is 90.3 Å². The van der Waals surface area contributed by atoms with E-state index in [-0.39, 0.29) is 17.2 Å². The van der Waals surface area contributed by atoms with E-state index in [1.807, 2.05) is 9.80 Å². The highest BCUT2D eigenvalue weighted by Crippen LogP contribution is 2.11. The van der Waals surface area contributed by atoms with Crippen LogP contribution in [0, 0.1) is 6.92 Å². The number of carboxylic acids is 2. The van der Waals surface area contributed by atoms with Crippen molar-refractivity contribution >= 4 is 18.0 Å². The van der Waals surface area contributed by atoms with E-state index in [2.05, 4.69) is 10.6 Å². The van der Waals surface area contributed by atoms with Gasteiger partial charge in [0.15, 0.2) is 0 Å². The first-order valence-electron chi connectivity index (χ1n) is 8.92. The number of nitrogens with one attached hydrogen (secondary N) is 2. The number of aromatic carboxylic acids is 2. The standard InChI is InChI=1S/C9H18N4O.C9H8O4/c14-9(12-5-1-10-2-6-12)13-7-3-11-4-8-13;1-5-2-3-6(8(10)11)4-7(5)9(12)13/h10-11H,1-8H2;2-4H,1H3,(H,10,11)(H,12,13). The average molecular weight is 378 g/mol. The van der Waals surface area contributed by atoms with Crippen LogP contribution in [0.25, 0.3) is 0 Å². The summed E-state index contributed by atoms with van der Waals surface area (Å²) in [6.45, 7) is 8.73. The Labute approximate surface area is 157 Å². The minimum absolute atomic E-state index is 0.0111. The number of piperazine rings is 2. The summed E-state index contributed by atoms with van der Waals surface area (Å²) < 4.78 is 0. The van der Waals surface area contributed by atoms with Gasteiger partial charge >= 0.3 is 18.0 Å². The third-order valence-corrected chi connectivity index (χ3v) is 4.49. The van der Waals surface area contributed by atoms with Crippen molar-refractivity contribution < 1.29 is 24.6 Å². The summed E-state index contributed by atoms with van der Waals surface area (Å²) in [5.41, 5.74) is 0.570. The molecule has 0 bridgehead atoms. The normalized spacial score (nSPS) is 16.9. The molecule has 3 rings (SSSR count). The van der Waals surface area contributed by atoms with Crippen LogP contribution in [0.4, 0.5) is 4.79 Å². The van der Waals surface area contributed by atoms with Crippen LogP contribution in [0.2, 0.25) is 0 Å². The Kier molecular flexibility index (Phi) is 7.56. The topological polar surface area (TPSA) is 122 Å². The second kappa shape index (κ2) is 9.89. The molecule has 0 aliphatic carbocycles. The number of carbonyl (C=O) groups excluding carboxylic acids is 1. The van der Waals surface area contributed by atoms with Crippen molar-refractivity contribution in [1.82, 2.24) is 20.4 Å². The van der Waals surface area contributed by atoms with E-state index in [4.69, 9.17) is 10.2 Å². The van der Waals surface area contributed by atoms with E-state index < -0.39 is 11.9 Å². The summed E-state index contributed by atoms with van der Waals surface area (Å²) in [6, 6.07) is 4.23. The van der Waals surface area contributed by atoms with Crippen molar-refractivity contribution in [2.24, 2.45) is 0 Å². The third-order valence-electron chi connectivity index (χ3n) is 4.49. The van der Waals surface area contributed by atoms with E-state index in [0.29, 0.717) is 5.56 Å². The van der Waals surface area contributed by atoms with Gasteiger partial charge in [0.25, 0.3) is 0 Å². The molecular weight excluding hydrogens is 352 g/mol. The fourth-order valence-corrected chi connectivity index (χ4v) is 2.90. The fraction of sp³-hybridized carbons (Fsp3) is 0.500. The maximum Gasteiger partial charge on any atom is 0.335 e.